The van der Waals surface area contributed by atoms with Crippen molar-refractivity contribution in [3.63, 3.8) is 0 Å². The Balaban J connectivity index is 1.19. The predicted octanol–water partition coefficient (Wildman–Crippen LogP) is 5.04. The summed E-state index contributed by atoms with van der Waals surface area (Å²) < 4.78 is 14.3. The van der Waals surface area contributed by atoms with Crippen LogP contribution in [0.1, 0.15) is 38.7 Å². The Bertz CT molecular complexity index is 1190. The third-order valence-corrected chi connectivity index (χ3v) is 7.62. The first-order chi connectivity index (χ1) is 17.5. The summed E-state index contributed by atoms with van der Waals surface area (Å²) >= 11 is 6.12. The predicted molar refractivity (Wildman–Crippen MR) is 138 cm³/mol. The van der Waals surface area contributed by atoms with Gasteiger partial charge in [-0.15, -0.1) is 0 Å². The van der Waals surface area contributed by atoms with Crippen molar-refractivity contribution in [3.05, 3.63) is 106 Å². The summed E-state index contributed by atoms with van der Waals surface area (Å²) in [6.07, 6.45) is 0.787. The number of likely N-dealkylation sites (tertiary alicyclic amines) is 2. The minimum atomic E-state index is -0.573. The zero-order valence-electron chi connectivity index (χ0n) is 19.9. The second kappa shape index (κ2) is 10.8. The molecule has 186 valence electrons. The van der Waals surface area contributed by atoms with Crippen LogP contribution in [-0.4, -0.2) is 54.3 Å². The van der Waals surface area contributed by atoms with E-state index in [0.29, 0.717) is 30.5 Å². The van der Waals surface area contributed by atoms with Crippen molar-refractivity contribution in [2.45, 2.75) is 12.5 Å². The highest BCUT2D eigenvalue weighted by Crippen LogP contribution is 2.33. The molecule has 0 aromatic heterocycles. The molecule has 5 nitrogen and oxygen atoms in total. The Morgan fingerprint density at radius 1 is 0.889 bits per heavy atom. The maximum Gasteiger partial charge on any atom is 0.258 e. The monoisotopic (exact) mass is 505 g/mol. The van der Waals surface area contributed by atoms with Crippen LogP contribution in [0.15, 0.2) is 78.9 Å². The van der Waals surface area contributed by atoms with E-state index in [2.05, 4.69) is 10.2 Å². The number of carbonyl (C=O) groups is 2. The van der Waals surface area contributed by atoms with Gasteiger partial charge in [0, 0.05) is 38.3 Å². The minimum absolute atomic E-state index is 0.0316. The van der Waals surface area contributed by atoms with Gasteiger partial charge in [-0.2, -0.15) is 0 Å². The summed E-state index contributed by atoms with van der Waals surface area (Å²) in [6.45, 7) is 3.82. The highest BCUT2D eigenvalue weighted by molar-refractivity contribution is 6.33. The number of nitrogens with zero attached hydrogens (tertiary/aromatic N) is 2. The molecule has 3 aromatic carbocycles. The van der Waals surface area contributed by atoms with Crippen molar-refractivity contribution < 1.29 is 14.0 Å². The summed E-state index contributed by atoms with van der Waals surface area (Å²) in [6, 6.07) is 23.6. The fraction of sp³-hybridized carbons (Fsp3) is 0.310. The number of hydrogen-bond acceptors (Lipinski definition) is 3. The maximum absolute atomic E-state index is 14.3. The highest BCUT2D eigenvalue weighted by Gasteiger charge is 2.42. The van der Waals surface area contributed by atoms with Crippen LogP contribution in [0.25, 0.3) is 0 Å². The highest BCUT2D eigenvalue weighted by atomic mass is 35.5. The van der Waals surface area contributed by atoms with E-state index in [1.54, 1.807) is 11.0 Å². The first kappa shape index (κ1) is 24.5. The quantitative estimate of drug-likeness (QED) is 0.489. The van der Waals surface area contributed by atoms with Crippen LogP contribution in [0.3, 0.4) is 0 Å². The Hall–Kier alpha value is -3.22. The molecule has 7 heteroatoms. The van der Waals surface area contributed by atoms with Gasteiger partial charge in [-0.25, -0.2) is 4.39 Å². The van der Waals surface area contributed by atoms with Crippen LogP contribution in [0.2, 0.25) is 5.02 Å². The molecule has 2 aliphatic rings. The first-order valence-corrected chi connectivity index (χ1v) is 12.7. The number of hydrogen-bond donors (Lipinski definition) is 1. The lowest BCUT2D eigenvalue weighted by molar-refractivity contribution is 0.0769. The molecule has 36 heavy (non-hydrogen) atoms. The minimum Gasteiger partial charge on any atom is -0.345 e. The summed E-state index contributed by atoms with van der Waals surface area (Å²) in [5.74, 6) is -0.270. The lowest BCUT2D eigenvalue weighted by Crippen LogP contribution is -2.35. The van der Waals surface area contributed by atoms with Crippen molar-refractivity contribution in [2.75, 3.05) is 32.7 Å². The molecule has 0 saturated carbocycles. The number of halogens is 2. The molecule has 2 fully saturated rings. The van der Waals surface area contributed by atoms with Gasteiger partial charge >= 0.3 is 0 Å². The molecular formula is C29H29ClFN3O2. The Labute approximate surface area is 215 Å². The average molecular weight is 506 g/mol. The van der Waals surface area contributed by atoms with Crippen LogP contribution in [0.4, 0.5) is 4.39 Å². The number of rotatable bonds is 7. The molecule has 0 aliphatic carbocycles. The van der Waals surface area contributed by atoms with Gasteiger partial charge in [0.25, 0.3) is 11.8 Å². The summed E-state index contributed by atoms with van der Waals surface area (Å²) in [4.78, 5) is 29.9. The van der Waals surface area contributed by atoms with E-state index in [1.807, 2.05) is 60.7 Å². The Morgan fingerprint density at radius 2 is 1.53 bits per heavy atom. The third kappa shape index (κ3) is 5.30. The van der Waals surface area contributed by atoms with Gasteiger partial charge < -0.3 is 15.1 Å². The van der Waals surface area contributed by atoms with Gasteiger partial charge in [-0.05, 0) is 48.1 Å². The van der Waals surface area contributed by atoms with E-state index in [9.17, 15) is 14.0 Å². The topological polar surface area (TPSA) is 52.7 Å². The maximum atomic E-state index is 14.3. The average Bonchev–Trinajstić information content (AvgIpc) is 3.46. The summed E-state index contributed by atoms with van der Waals surface area (Å²) in [5, 5.41) is 3.36. The molecule has 3 atom stereocenters. The molecule has 2 unspecified atom stereocenters. The van der Waals surface area contributed by atoms with Crippen molar-refractivity contribution in [1.29, 1.82) is 0 Å². The molecule has 2 aliphatic heterocycles. The molecule has 0 radical (unpaired) electrons. The van der Waals surface area contributed by atoms with Gasteiger partial charge in [-0.1, -0.05) is 66.2 Å². The van der Waals surface area contributed by atoms with E-state index < -0.39 is 5.82 Å². The van der Waals surface area contributed by atoms with E-state index in [1.165, 1.54) is 12.1 Å². The molecule has 2 heterocycles. The number of nitrogens with one attached hydrogen (secondary N) is 1. The number of carbonyl (C=O) groups excluding carboxylic acids is 2. The second-order valence-electron chi connectivity index (χ2n) is 9.68. The van der Waals surface area contributed by atoms with E-state index in [-0.39, 0.29) is 28.4 Å². The number of amides is 2. The van der Waals surface area contributed by atoms with Crippen molar-refractivity contribution in [3.8, 4) is 0 Å². The molecule has 0 bridgehead atoms. The van der Waals surface area contributed by atoms with Crippen LogP contribution in [0.5, 0.6) is 0 Å². The van der Waals surface area contributed by atoms with Crippen LogP contribution < -0.4 is 5.32 Å². The van der Waals surface area contributed by atoms with Crippen LogP contribution in [0, 0.1) is 17.7 Å². The van der Waals surface area contributed by atoms with Gasteiger partial charge in [0.1, 0.15) is 5.82 Å². The van der Waals surface area contributed by atoms with Crippen molar-refractivity contribution in [2.24, 2.45) is 11.8 Å². The van der Waals surface area contributed by atoms with Crippen LogP contribution in [-0.2, 0) is 0 Å². The number of fused-ring (bicyclic) bond motifs is 1. The van der Waals surface area contributed by atoms with Gasteiger partial charge in [0.2, 0.25) is 0 Å². The molecule has 2 saturated heterocycles. The molecule has 1 N–H and O–H groups in total. The molecular weight excluding hydrogens is 477 g/mol. The first-order valence-electron chi connectivity index (χ1n) is 12.4. The van der Waals surface area contributed by atoms with E-state index in [0.717, 1.165) is 31.6 Å². The molecule has 3 aromatic rings. The standard InChI is InChI=1S/C29H29ClFN3O2/c30-24-12-7-13-25(31)27(24)29(36)34-18-22-16-33(17-23(22)19-34)15-14-26(20-8-3-1-4-9-20)32-28(35)21-10-5-2-6-11-21/h1-13,22-23,26H,14-19H2,(H,32,35)/t22?,23?,26-/m0/s1. The fourth-order valence-corrected chi connectivity index (χ4v) is 5.69. The van der Waals surface area contributed by atoms with E-state index in [4.69, 9.17) is 11.6 Å². The summed E-state index contributed by atoms with van der Waals surface area (Å²) in [5.41, 5.74) is 1.70. The summed E-state index contributed by atoms with van der Waals surface area (Å²) in [7, 11) is 0. The molecule has 5 rings (SSSR count). The fourth-order valence-electron chi connectivity index (χ4n) is 5.45. The zero-order chi connectivity index (χ0) is 25.1. The van der Waals surface area contributed by atoms with E-state index >= 15 is 0 Å². The Morgan fingerprint density at radius 3 is 2.17 bits per heavy atom. The lowest BCUT2D eigenvalue weighted by atomic mass is 10.0. The Kier molecular flexibility index (Phi) is 7.35. The molecule has 0 spiro atoms. The lowest BCUT2D eigenvalue weighted by Gasteiger charge is -2.25. The zero-order valence-corrected chi connectivity index (χ0v) is 20.7. The van der Waals surface area contributed by atoms with Crippen molar-refractivity contribution in [1.82, 2.24) is 15.1 Å². The van der Waals surface area contributed by atoms with Gasteiger partial charge in [-0.3, -0.25) is 9.59 Å². The largest absolute Gasteiger partial charge is 0.345 e. The smallest absolute Gasteiger partial charge is 0.258 e. The second-order valence-corrected chi connectivity index (χ2v) is 10.1. The normalized spacial score (nSPS) is 20.2. The van der Waals surface area contributed by atoms with Crippen LogP contribution >= 0.6 is 11.6 Å². The van der Waals surface area contributed by atoms with Gasteiger partial charge in [0.15, 0.2) is 0 Å². The van der Waals surface area contributed by atoms with Crippen molar-refractivity contribution >= 4 is 23.4 Å². The van der Waals surface area contributed by atoms with Gasteiger partial charge in [0.05, 0.1) is 16.6 Å². The molecule has 2 amide bonds. The number of benzene rings is 3. The SMILES string of the molecule is O=C(N[C@@H](CCN1CC2CN(C(=O)c3c(F)cccc3Cl)CC2C1)c1ccccc1)c1ccccc1. The third-order valence-electron chi connectivity index (χ3n) is 7.30.